The zero-order chi connectivity index (χ0) is 13.4. The highest BCUT2D eigenvalue weighted by Crippen LogP contribution is 2.19. The van der Waals surface area contributed by atoms with E-state index in [1.165, 1.54) is 0 Å². The summed E-state index contributed by atoms with van der Waals surface area (Å²) < 4.78 is 0.755. The molecule has 18 heavy (non-hydrogen) atoms. The lowest BCUT2D eigenvalue weighted by atomic mass is 10.2. The molecular formula is C13H18BrNO3. The van der Waals surface area contributed by atoms with Gasteiger partial charge in [0.1, 0.15) is 0 Å². The molecule has 0 spiro atoms. The van der Waals surface area contributed by atoms with Gasteiger partial charge in [0.25, 0.3) is 0 Å². The van der Waals surface area contributed by atoms with E-state index in [4.69, 9.17) is 10.2 Å². The second-order valence-electron chi connectivity index (χ2n) is 4.10. The lowest BCUT2D eigenvalue weighted by Gasteiger charge is -2.08. The van der Waals surface area contributed by atoms with Crippen molar-refractivity contribution in [3.05, 3.63) is 28.2 Å². The van der Waals surface area contributed by atoms with Crippen LogP contribution in [-0.2, 0) is 0 Å². The summed E-state index contributed by atoms with van der Waals surface area (Å²) in [6, 6.07) is 5.07. The van der Waals surface area contributed by atoms with E-state index in [0.717, 1.165) is 42.4 Å². The number of aliphatic hydroxyl groups is 1. The standard InChI is InChI=1S/C13H18BrNO3/c14-11-7-10(13(17)18)8-12(9-11)15-5-3-1-2-4-6-16/h7-9,15-16H,1-6H2,(H,17,18). The Morgan fingerprint density at radius 2 is 1.89 bits per heavy atom. The zero-order valence-electron chi connectivity index (χ0n) is 10.2. The van der Waals surface area contributed by atoms with Crippen LogP contribution in [0.15, 0.2) is 22.7 Å². The number of nitrogens with one attached hydrogen (secondary N) is 1. The quantitative estimate of drug-likeness (QED) is 0.645. The van der Waals surface area contributed by atoms with Gasteiger partial charge in [-0.2, -0.15) is 0 Å². The molecule has 0 aliphatic rings. The minimum absolute atomic E-state index is 0.251. The monoisotopic (exact) mass is 315 g/mol. The van der Waals surface area contributed by atoms with E-state index < -0.39 is 5.97 Å². The van der Waals surface area contributed by atoms with Crippen molar-refractivity contribution in [2.75, 3.05) is 18.5 Å². The van der Waals surface area contributed by atoms with Crippen LogP contribution in [0.4, 0.5) is 5.69 Å². The predicted octanol–water partition coefficient (Wildman–Crippen LogP) is 3.11. The van der Waals surface area contributed by atoms with Crippen molar-refractivity contribution in [2.24, 2.45) is 0 Å². The molecule has 0 unspecified atom stereocenters. The molecule has 0 amide bonds. The summed E-state index contributed by atoms with van der Waals surface area (Å²) in [6.07, 6.45) is 3.94. The van der Waals surface area contributed by atoms with E-state index in [1.807, 2.05) is 6.07 Å². The van der Waals surface area contributed by atoms with Crippen LogP contribution in [0.5, 0.6) is 0 Å². The summed E-state index contributed by atoms with van der Waals surface area (Å²) >= 11 is 3.29. The van der Waals surface area contributed by atoms with E-state index in [0.29, 0.717) is 0 Å². The van der Waals surface area contributed by atoms with Gasteiger partial charge in [0.05, 0.1) is 5.56 Å². The maximum Gasteiger partial charge on any atom is 0.335 e. The third kappa shape index (κ3) is 5.51. The molecular weight excluding hydrogens is 298 g/mol. The molecule has 1 aromatic rings. The van der Waals surface area contributed by atoms with Gasteiger partial charge in [0.15, 0.2) is 0 Å². The molecule has 1 rings (SSSR count). The number of carboxylic acids is 1. The minimum Gasteiger partial charge on any atom is -0.478 e. The molecule has 0 aliphatic carbocycles. The van der Waals surface area contributed by atoms with Gasteiger partial charge in [-0.25, -0.2) is 4.79 Å². The van der Waals surface area contributed by atoms with Crippen LogP contribution in [0.1, 0.15) is 36.0 Å². The molecule has 0 heterocycles. The Hall–Kier alpha value is -1.07. The third-order valence-corrected chi connectivity index (χ3v) is 3.02. The Kier molecular flexibility index (Phi) is 6.75. The van der Waals surface area contributed by atoms with Crippen molar-refractivity contribution >= 4 is 27.6 Å². The van der Waals surface area contributed by atoms with E-state index in [9.17, 15) is 4.79 Å². The molecule has 0 bridgehead atoms. The number of carbonyl (C=O) groups is 1. The van der Waals surface area contributed by atoms with Gasteiger partial charge in [-0.1, -0.05) is 28.8 Å². The highest BCUT2D eigenvalue weighted by Gasteiger charge is 2.05. The summed E-state index contributed by atoms with van der Waals surface area (Å²) in [5.41, 5.74) is 1.08. The summed E-state index contributed by atoms with van der Waals surface area (Å²) in [6.45, 7) is 1.06. The summed E-state index contributed by atoms with van der Waals surface area (Å²) in [5, 5.41) is 20.8. The lowest BCUT2D eigenvalue weighted by Crippen LogP contribution is -2.04. The molecule has 5 heteroatoms. The van der Waals surface area contributed by atoms with E-state index in [1.54, 1.807) is 12.1 Å². The number of carboxylic acid groups (broad SMARTS) is 1. The van der Waals surface area contributed by atoms with E-state index in [-0.39, 0.29) is 12.2 Å². The predicted molar refractivity (Wildman–Crippen MR) is 75.1 cm³/mol. The second kappa shape index (κ2) is 8.11. The number of benzene rings is 1. The van der Waals surface area contributed by atoms with Crippen LogP contribution in [0.25, 0.3) is 0 Å². The van der Waals surface area contributed by atoms with Crippen molar-refractivity contribution in [3.63, 3.8) is 0 Å². The number of halogens is 1. The van der Waals surface area contributed by atoms with Crippen molar-refractivity contribution in [1.82, 2.24) is 0 Å². The maximum atomic E-state index is 10.9. The summed E-state index contributed by atoms with van der Waals surface area (Å²) in [5.74, 6) is -0.928. The Bertz CT molecular complexity index is 396. The number of aromatic carboxylic acids is 1. The number of rotatable bonds is 8. The van der Waals surface area contributed by atoms with Crippen molar-refractivity contribution in [1.29, 1.82) is 0 Å². The fourth-order valence-corrected chi connectivity index (χ4v) is 2.13. The van der Waals surface area contributed by atoms with Gasteiger partial charge in [-0.15, -0.1) is 0 Å². The van der Waals surface area contributed by atoms with E-state index >= 15 is 0 Å². The summed E-state index contributed by atoms with van der Waals surface area (Å²) in [4.78, 5) is 10.9. The first-order valence-electron chi connectivity index (χ1n) is 6.02. The van der Waals surface area contributed by atoms with Crippen LogP contribution < -0.4 is 5.32 Å². The number of aliphatic hydroxyl groups excluding tert-OH is 1. The van der Waals surface area contributed by atoms with Crippen molar-refractivity contribution in [2.45, 2.75) is 25.7 Å². The molecule has 0 aromatic heterocycles. The number of hydrogen-bond donors (Lipinski definition) is 3. The Morgan fingerprint density at radius 3 is 2.56 bits per heavy atom. The van der Waals surface area contributed by atoms with Crippen molar-refractivity contribution in [3.8, 4) is 0 Å². The number of hydrogen-bond acceptors (Lipinski definition) is 3. The smallest absolute Gasteiger partial charge is 0.335 e. The molecule has 100 valence electrons. The van der Waals surface area contributed by atoms with Crippen LogP contribution in [0, 0.1) is 0 Å². The SMILES string of the molecule is O=C(O)c1cc(Br)cc(NCCCCCCO)c1. The molecule has 3 N–H and O–H groups in total. The zero-order valence-corrected chi connectivity index (χ0v) is 11.7. The third-order valence-electron chi connectivity index (χ3n) is 2.56. The lowest BCUT2D eigenvalue weighted by molar-refractivity contribution is 0.0697. The molecule has 0 aliphatic heterocycles. The van der Waals surface area contributed by atoms with Gasteiger partial charge in [-0.05, 0) is 31.0 Å². The largest absolute Gasteiger partial charge is 0.478 e. The first-order chi connectivity index (χ1) is 8.63. The van der Waals surface area contributed by atoms with E-state index in [2.05, 4.69) is 21.2 Å². The second-order valence-corrected chi connectivity index (χ2v) is 5.01. The Labute approximate surface area is 115 Å². The fraction of sp³-hybridized carbons (Fsp3) is 0.462. The fourth-order valence-electron chi connectivity index (χ4n) is 1.64. The van der Waals surface area contributed by atoms with Gasteiger partial charge >= 0.3 is 5.97 Å². The van der Waals surface area contributed by atoms with Gasteiger partial charge in [-0.3, -0.25) is 0 Å². The topological polar surface area (TPSA) is 69.6 Å². The average molecular weight is 316 g/mol. The molecule has 0 saturated heterocycles. The molecule has 4 nitrogen and oxygen atoms in total. The normalized spacial score (nSPS) is 10.3. The minimum atomic E-state index is -0.928. The Morgan fingerprint density at radius 1 is 1.17 bits per heavy atom. The van der Waals surface area contributed by atoms with Crippen LogP contribution in [-0.4, -0.2) is 29.3 Å². The van der Waals surface area contributed by atoms with Crippen molar-refractivity contribution < 1.29 is 15.0 Å². The molecule has 0 saturated carbocycles. The highest BCUT2D eigenvalue weighted by molar-refractivity contribution is 9.10. The van der Waals surface area contributed by atoms with Gasteiger partial charge in [0, 0.05) is 23.3 Å². The molecule has 0 atom stereocenters. The van der Waals surface area contributed by atoms with Crippen LogP contribution in [0.3, 0.4) is 0 Å². The van der Waals surface area contributed by atoms with Gasteiger partial charge < -0.3 is 15.5 Å². The maximum absolute atomic E-state index is 10.9. The number of anilines is 1. The van der Waals surface area contributed by atoms with Crippen LogP contribution >= 0.6 is 15.9 Å². The van der Waals surface area contributed by atoms with Gasteiger partial charge in [0.2, 0.25) is 0 Å². The highest BCUT2D eigenvalue weighted by atomic mass is 79.9. The van der Waals surface area contributed by atoms with Crippen LogP contribution in [0.2, 0.25) is 0 Å². The molecule has 0 radical (unpaired) electrons. The molecule has 1 aromatic carbocycles. The summed E-state index contributed by atoms with van der Waals surface area (Å²) in [7, 11) is 0. The average Bonchev–Trinajstić information content (AvgIpc) is 2.33. The molecule has 0 fully saturated rings. The first-order valence-corrected chi connectivity index (χ1v) is 6.81. The first kappa shape index (κ1) is 15.0. The number of unbranched alkanes of at least 4 members (excludes halogenated alkanes) is 3. The Balaban J connectivity index is 2.40.